The number of nitrogens with two attached hydrogens (primary N) is 1. The highest BCUT2D eigenvalue weighted by molar-refractivity contribution is 4.86. The normalized spacial score (nSPS) is 34.1. The summed E-state index contributed by atoms with van der Waals surface area (Å²) < 4.78 is 12.1. The van der Waals surface area contributed by atoms with Gasteiger partial charge in [-0.15, -0.1) is 0 Å². The molecule has 4 nitrogen and oxygen atoms in total. The van der Waals surface area contributed by atoms with E-state index in [1.165, 1.54) is 38.8 Å². The van der Waals surface area contributed by atoms with Gasteiger partial charge in [0.05, 0.1) is 12.7 Å². The smallest absolute Gasteiger partial charge is 0.168 e. The number of hydrogen-bond donors (Lipinski definition) is 1. The summed E-state index contributed by atoms with van der Waals surface area (Å²) in [5.74, 6) is 0.507. The Labute approximate surface area is 116 Å². The topological polar surface area (TPSA) is 47.7 Å². The Bertz CT molecular complexity index is 295. The van der Waals surface area contributed by atoms with Crippen molar-refractivity contribution < 1.29 is 9.47 Å². The average Bonchev–Trinajstić information content (AvgIpc) is 3.01. The Morgan fingerprint density at radius 2 is 1.95 bits per heavy atom. The number of rotatable bonds is 3. The Morgan fingerprint density at radius 1 is 1.26 bits per heavy atom. The quantitative estimate of drug-likeness (QED) is 0.847. The van der Waals surface area contributed by atoms with Crippen LogP contribution in [0, 0.1) is 5.92 Å². The zero-order valence-electron chi connectivity index (χ0n) is 12.1. The van der Waals surface area contributed by atoms with Crippen LogP contribution in [-0.4, -0.2) is 49.1 Å². The molecule has 0 aromatic heterocycles. The van der Waals surface area contributed by atoms with Crippen LogP contribution in [-0.2, 0) is 9.47 Å². The van der Waals surface area contributed by atoms with Gasteiger partial charge in [-0.25, -0.2) is 0 Å². The lowest BCUT2D eigenvalue weighted by Gasteiger charge is -2.34. The van der Waals surface area contributed by atoms with Crippen molar-refractivity contribution in [3.05, 3.63) is 0 Å². The first kappa shape index (κ1) is 13.8. The minimum atomic E-state index is -0.200. The maximum absolute atomic E-state index is 6.20. The van der Waals surface area contributed by atoms with Gasteiger partial charge in [0, 0.05) is 25.4 Å². The fraction of sp³-hybridized carbons (Fsp3) is 1.00. The van der Waals surface area contributed by atoms with Gasteiger partial charge in [-0.1, -0.05) is 0 Å². The second-order valence-electron chi connectivity index (χ2n) is 6.67. The number of ether oxygens (including phenoxy) is 2. The molecule has 19 heavy (non-hydrogen) atoms. The highest BCUT2D eigenvalue weighted by atomic mass is 16.7. The van der Waals surface area contributed by atoms with E-state index in [0.717, 1.165) is 26.0 Å². The van der Waals surface area contributed by atoms with Gasteiger partial charge in [0.2, 0.25) is 0 Å². The van der Waals surface area contributed by atoms with Crippen LogP contribution in [0.5, 0.6) is 0 Å². The summed E-state index contributed by atoms with van der Waals surface area (Å²) >= 11 is 0. The van der Waals surface area contributed by atoms with Crippen LogP contribution >= 0.6 is 0 Å². The summed E-state index contributed by atoms with van der Waals surface area (Å²) in [4.78, 5) is 2.53. The molecule has 1 aliphatic carbocycles. The van der Waals surface area contributed by atoms with E-state index in [0.29, 0.717) is 12.0 Å². The molecule has 2 aliphatic heterocycles. The van der Waals surface area contributed by atoms with Crippen molar-refractivity contribution in [1.29, 1.82) is 0 Å². The molecule has 2 saturated heterocycles. The fourth-order valence-electron chi connectivity index (χ4n) is 3.83. The molecule has 0 aromatic carbocycles. The molecule has 0 aromatic rings. The molecule has 0 bridgehead atoms. The number of piperidine rings is 1. The van der Waals surface area contributed by atoms with Crippen molar-refractivity contribution in [1.82, 2.24) is 4.90 Å². The minimum absolute atomic E-state index is 0.200. The van der Waals surface area contributed by atoms with Crippen molar-refractivity contribution >= 4 is 0 Å². The first-order valence-corrected chi connectivity index (χ1v) is 7.97. The van der Waals surface area contributed by atoms with Gasteiger partial charge in [0.15, 0.2) is 5.79 Å². The van der Waals surface area contributed by atoms with Gasteiger partial charge < -0.3 is 20.1 Å². The van der Waals surface area contributed by atoms with E-state index in [2.05, 4.69) is 11.8 Å². The molecule has 1 spiro atoms. The molecule has 0 amide bonds. The molecule has 2 heterocycles. The standard InChI is InChI=1S/C15H28N2O2/c1-12(16)13-4-8-17(9-5-13)10-14-11-18-15(19-14)6-2-3-7-15/h12-14H,2-11,16H2,1H3. The maximum Gasteiger partial charge on any atom is 0.168 e. The summed E-state index contributed by atoms with van der Waals surface area (Å²) in [6, 6.07) is 0.343. The molecule has 0 radical (unpaired) electrons. The lowest BCUT2D eigenvalue weighted by molar-refractivity contribution is -0.163. The van der Waals surface area contributed by atoms with Crippen LogP contribution in [0.1, 0.15) is 45.4 Å². The predicted molar refractivity (Wildman–Crippen MR) is 74.8 cm³/mol. The van der Waals surface area contributed by atoms with Crippen LogP contribution in [0.3, 0.4) is 0 Å². The molecule has 3 fully saturated rings. The fourth-order valence-corrected chi connectivity index (χ4v) is 3.83. The Hall–Kier alpha value is -0.160. The average molecular weight is 268 g/mol. The molecule has 2 unspecified atom stereocenters. The number of likely N-dealkylation sites (tertiary alicyclic amines) is 1. The van der Waals surface area contributed by atoms with Gasteiger partial charge in [-0.3, -0.25) is 0 Å². The number of nitrogens with zero attached hydrogens (tertiary/aromatic N) is 1. The lowest BCUT2D eigenvalue weighted by Crippen LogP contribution is -2.43. The third-order valence-electron chi connectivity index (χ3n) is 5.12. The summed E-state index contributed by atoms with van der Waals surface area (Å²) in [6.07, 6.45) is 7.45. The zero-order chi connectivity index (χ0) is 13.3. The van der Waals surface area contributed by atoms with E-state index in [-0.39, 0.29) is 11.9 Å². The van der Waals surface area contributed by atoms with Gasteiger partial charge in [0.25, 0.3) is 0 Å². The van der Waals surface area contributed by atoms with Crippen molar-refractivity contribution in [3.63, 3.8) is 0 Å². The first-order chi connectivity index (χ1) is 9.17. The van der Waals surface area contributed by atoms with E-state index >= 15 is 0 Å². The van der Waals surface area contributed by atoms with E-state index in [4.69, 9.17) is 15.2 Å². The van der Waals surface area contributed by atoms with E-state index in [1.54, 1.807) is 0 Å². The third kappa shape index (κ3) is 3.13. The van der Waals surface area contributed by atoms with E-state index in [1.807, 2.05) is 0 Å². The lowest BCUT2D eigenvalue weighted by atomic mass is 9.91. The van der Waals surface area contributed by atoms with Crippen molar-refractivity contribution in [3.8, 4) is 0 Å². The van der Waals surface area contributed by atoms with E-state index < -0.39 is 0 Å². The second kappa shape index (κ2) is 5.68. The van der Waals surface area contributed by atoms with Crippen LogP contribution in [0.2, 0.25) is 0 Å². The maximum atomic E-state index is 6.20. The monoisotopic (exact) mass is 268 g/mol. The third-order valence-corrected chi connectivity index (χ3v) is 5.12. The minimum Gasteiger partial charge on any atom is -0.347 e. The molecular formula is C15H28N2O2. The first-order valence-electron chi connectivity index (χ1n) is 7.97. The van der Waals surface area contributed by atoms with Crippen LogP contribution in [0.4, 0.5) is 0 Å². The highest BCUT2D eigenvalue weighted by Gasteiger charge is 2.44. The highest BCUT2D eigenvalue weighted by Crippen LogP contribution is 2.39. The molecule has 2 N–H and O–H groups in total. The van der Waals surface area contributed by atoms with Gasteiger partial charge in [0.1, 0.15) is 0 Å². The summed E-state index contributed by atoms with van der Waals surface area (Å²) in [6.45, 7) is 6.29. The summed E-state index contributed by atoms with van der Waals surface area (Å²) in [5.41, 5.74) is 5.99. The molecule has 2 atom stereocenters. The van der Waals surface area contributed by atoms with Gasteiger partial charge in [-0.2, -0.15) is 0 Å². The zero-order valence-corrected chi connectivity index (χ0v) is 12.1. The Balaban J connectivity index is 1.43. The summed E-state index contributed by atoms with van der Waals surface area (Å²) in [5, 5.41) is 0. The van der Waals surface area contributed by atoms with Crippen molar-refractivity contribution in [2.24, 2.45) is 11.7 Å². The summed E-state index contributed by atoms with van der Waals surface area (Å²) in [7, 11) is 0. The molecule has 1 saturated carbocycles. The molecule has 3 rings (SSSR count). The van der Waals surface area contributed by atoms with Crippen LogP contribution < -0.4 is 5.73 Å². The largest absolute Gasteiger partial charge is 0.347 e. The van der Waals surface area contributed by atoms with Crippen LogP contribution in [0.25, 0.3) is 0 Å². The van der Waals surface area contributed by atoms with Gasteiger partial charge >= 0.3 is 0 Å². The SMILES string of the molecule is CC(N)C1CCN(CC2COC3(CCCC3)O2)CC1. The van der Waals surface area contributed by atoms with E-state index in [9.17, 15) is 0 Å². The molecular weight excluding hydrogens is 240 g/mol. The Morgan fingerprint density at radius 3 is 2.58 bits per heavy atom. The molecule has 3 aliphatic rings. The van der Waals surface area contributed by atoms with Crippen molar-refractivity contribution in [2.75, 3.05) is 26.2 Å². The predicted octanol–water partition coefficient (Wildman–Crippen LogP) is 1.73. The molecule has 110 valence electrons. The van der Waals surface area contributed by atoms with Crippen molar-refractivity contribution in [2.45, 2.75) is 63.4 Å². The number of hydrogen-bond acceptors (Lipinski definition) is 4. The van der Waals surface area contributed by atoms with Gasteiger partial charge in [-0.05, 0) is 51.6 Å². The molecule has 4 heteroatoms. The Kier molecular flexibility index (Phi) is 4.13. The second-order valence-corrected chi connectivity index (χ2v) is 6.67. The van der Waals surface area contributed by atoms with Crippen LogP contribution in [0.15, 0.2) is 0 Å².